The maximum Gasteiger partial charge on any atom is 0.255 e. The largest absolute Gasteiger partial charge is 0.491 e. The van der Waals surface area contributed by atoms with E-state index in [0.717, 1.165) is 5.75 Å². The Balaban J connectivity index is 1.52. The summed E-state index contributed by atoms with van der Waals surface area (Å²) in [6.45, 7) is 3.64. The first-order valence-corrected chi connectivity index (χ1v) is 9.19. The number of ether oxygens (including phenoxy) is 3. The van der Waals surface area contributed by atoms with Crippen LogP contribution in [0.15, 0.2) is 78.9 Å². The van der Waals surface area contributed by atoms with Crippen molar-refractivity contribution >= 4 is 11.6 Å². The molecular formula is C23H23NO4. The van der Waals surface area contributed by atoms with Gasteiger partial charge in [-0.25, -0.2) is 0 Å². The quantitative estimate of drug-likeness (QED) is 0.524. The van der Waals surface area contributed by atoms with Gasteiger partial charge in [-0.3, -0.25) is 4.79 Å². The molecule has 0 spiro atoms. The van der Waals surface area contributed by atoms with E-state index in [0.29, 0.717) is 42.6 Å². The van der Waals surface area contributed by atoms with Crippen LogP contribution in [0.5, 0.6) is 17.2 Å². The maximum atomic E-state index is 12.4. The van der Waals surface area contributed by atoms with Crippen LogP contribution in [0.3, 0.4) is 0 Å². The van der Waals surface area contributed by atoms with Gasteiger partial charge in [-0.1, -0.05) is 18.2 Å². The van der Waals surface area contributed by atoms with Gasteiger partial charge in [0.05, 0.1) is 6.61 Å². The van der Waals surface area contributed by atoms with Crippen LogP contribution in [0.25, 0.3) is 0 Å². The average molecular weight is 377 g/mol. The van der Waals surface area contributed by atoms with Crippen molar-refractivity contribution in [2.24, 2.45) is 0 Å². The summed E-state index contributed by atoms with van der Waals surface area (Å²) in [5, 5.41) is 2.87. The number of carbonyl (C=O) groups is 1. The van der Waals surface area contributed by atoms with Gasteiger partial charge in [0.25, 0.3) is 5.91 Å². The number of rotatable bonds is 9. The van der Waals surface area contributed by atoms with Crippen LogP contribution < -0.4 is 14.8 Å². The number of hydrogen-bond acceptors (Lipinski definition) is 4. The van der Waals surface area contributed by atoms with Crippen molar-refractivity contribution in [3.05, 3.63) is 84.4 Å². The summed E-state index contributed by atoms with van der Waals surface area (Å²) in [7, 11) is 0. The molecule has 0 saturated carbocycles. The first-order chi connectivity index (χ1) is 13.7. The summed E-state index contributed by atoms with van der Waals surface area (Å²) in [4.78, 5) is 12.4. The lowest BCUT2D eigenvalue weighted by molar-refractivity contribution is 0.102. The molecule has 0 aliphatic heterocycles. The topological polar surface area (TPSA) is 56.8 Å². The summed E-state index contributed by atoms with van der Waals surface area (Å²) in [6.07, 6.45) is 0. The second-order valence-corrected chi connectivity index (χ2v) is 5.96. The zero-order chi connectivity index (χ0) is 19.6. The molecule has 3 rings (SSSR count). The van der Waals surface area contributed by atoms with E-state index in [1.54, 1.807) is 36.4 Å². The van der Waals surface area contributed by atoms with E-state index in [1.165, 1.54) is 0 Å². The van der Waals surface area contributed by atoms with Crippen LogP contribution in [0.4, 0.5) is 5.69 Å². The molecule has 0 fully saturated rings. The van der Waals surface area contributed by atoms with Crippen LogP contribution in [0.2, 0.25) is 0 Å². The summed E-state index contributed by atoms with van der Waals surface area (Å²) in [6, 6.07) is 23.8. The smallest absolute Gasteiger partial charge is 0.255 e. The monoisotopic (exact) mass is 377 g/mol. The van der Waals surface area contributed by atoms with Crippen molar-refractivity contribution in [1.29, 1.82) is 0 Å². The molecule has 0 aliphatic rings. The molecule has 0 unspecified atom stereocenters. The molecular weight excluding hydrogens is 354 g/mol. The van der Waals surface area contributed by atoms with Crippen LogP contribution in [-0.2, 0) is 4.74 Å². The van der Waals surface area contributed by atoms with Gasteiger partial charge in [-0.15, -0.1) is 0 Å². The molecule has 3 aromatic carbocycles. The highest BCUT2D eigenvalue weighted by Crippen LogP contribution is 2.23. The van der Waals surface area contributed by atoms with Crippen molar-refractivity contribution in [2.75, 3.05) is 25.1 Å². The van der Waals surface area contributed by atoms with Crippen molar-refractivity contribution in [2.45, 2.75) is 6.92 Å². The molecule has 0 heterocycles. The van der Waals surface area contributed by atoms with Crippen molar-refractivity contribution in [3.63, 3.8) is 0 Å². The molecule has 0 bridgehead atoms. The van der Waals surface area contributed by atoms with Gasteiger partial charge >= 0.3 is 0 Å². The van der Waals surface area contributed by atoms with Gasteiger partial charge in [-0.05, 0) is 67.6 Å². The second-order valence-electron chi connectivity index (χ2n) is 5.96. The molecule has 1 amide bonds. The van der Waals surface area contributed by atoms with E-state index in [2.05, 4.69) is 5.32 Å². The number of carbonyl (C=O) groups excluding carboxylic acids is 1. The predicted molar refractivity (Wildman–Crippen MR) is 109 cm³/mol. The minimum atomic E-state index is -0.183. The lowest BCUT2D eigenvalue weighted by Gasteiger charge is -2.09. The third kappa shape index (κ3) is 5.86. The van der Waals surface area contributed by atoms with E-state index in [4.69, 9.17) is 14.2 Å². The molecule has 144 valence electrons. The third-order valence-electron chi connectivity index (χ3n) is 3.91. The van der Waals surface area contributed by atoms with Gasteiger partial charge in [0.1, 0.15) is 23.9 Å². The minimum absolute atomic E-state index is 0.183. The maximum absolute atomic E-state index is 12.4. The molecule has 0 aromatic heterocycles. The lowest BCUT2D eigenvalue weighted by atomic mass is 10.2. The zero-order valence-corrected chi connectivity index (χ0v) is 15.8. The lowest BCUT2D eigenvalue weighted by Crippen LogP contribution is -2.12. The van der Waals surface area contributed by atoms with Crippen molar-refractivity contribution < 1.29 is 19.0 Å². The fourth-order valence-corrected chi connectivity index (χ4v) is 2.50. The Morgan fingerprint density at radius 2 is 1.43 bits per heavy atom. The Morgan fingerprint density at radius 1 is 0.786 bits per heavy atom. The highest BCUT2D eigenvalue weighted by Gasteiger charge is 2.07. The van der Waals surface area contributed by atoms with Gasteiger partial charge in [0, 0.05) is 17.9 Å². The number of nitrogens with one attached hydrogen (secondary N) is 1. The molecule has 0 aliphatic carbocycles. The molecule has 0 radical (unpaired) electrons. The van der Waals surface area contributed by atoms with E-state index in [9.17, 15) is 4.79 Å². The first-order valence-electron chi connectivity index (χ1n) is 9.19. The molecule has 5 heteroatoms. The summed E-state index contributed by atoms with van der Waals surface area (Å²) >= 11 is 0. The third-order valence-corrected chi connectivity index (χ3v) is 3.91. The van der Waals surface area contributed by atoms with Gasteiger partial charge < -0.3 is 19.5 Å². The first kappa shape index (κ1) is 19.5. The Hall–Kier alpha value is -3.31. The van der Waals surface area contributed by atoms with Crippen LogP contribution in [0.1, 0.15) is 17.3 Å². The average Bonchev–Trinajstić information content (AvgIpc) is 2.74. The molecule has 1 N–H and O–H groups in total. The molecule has 0 saturated heterocycles. The van der Waals surface area contributed by atoms with Crippen LogP contribution >= 0.6 is 0 Å². The van der Waals surface area contributed by atoms with E-state index >= 15 is 0 Å². The van der Waals surface area contributed by atoms with Crippen molar-refractivity contribution in [3.8, 4) is 17.2 Å². The molecule has 0 atom stereocenters. The number of benzene rings is 3. The minimum Gasteiger partial charge on any atom is -0.491 e. The number of anilines is 1. The Morgan fingerprint density at radius 3 is 2.11 bits per heavy atom. The molecule has 28 heavy (non-hydrogen) atoms. The fourth-order valence-electron chi connectivity index (χ4n) is 2.50. The SMILES string of the molecule is CCOCCOc1ccc(C(=O)Nc2ccc(Oc3ccccc3)cc2)cc1. The normalized spacial score (nSPS) is 10.3. The van der Waals surface area contributed by atoms with E-state index < -0.39 is 0 Å². The number of hydrogen-bond donors (Lipinski definition) is 1. The molecule has 5 nitrogen and oxygen atoms in total. The second kappa shape index (κ2) is 10.1. The summed E-state index contributed by atoms with van der Waals surface area (Å²) in [5.41, 5.74) is 1.25. The fraction of sp³-hybridized carbons (Fsp3) is 0.174. The number of amides is 1. The van der Waals surface area contributed by atoms with E-state index in [-0.39, 0.29) is 5.91 Å². The highest BCUT2D eigenvalue weighted by atomic mass is 16.5. The summed E-state index contributed by atoms with van der Waals surface area (Å²) < 4.78 is 16.5. The van der Waals surface area contributed by atoms with Crippen LogP contribution in [-0.4, -0.2) is 25.7 Å². The predicted octanol–water partition coefficient (Wildman–Crippen LogP) is 5.15. The number of para-hydroxylation sites is 1. The van der Waals surface area contributed by atoms with Gasteiger partial charge in [0.2, 0.25) is 0 Å². The van der Waals surface area contributed by atoms with Gasteiger partial charge in [0.15, 0.2) is 0 Å². The Bertz CT molecular complexity index is 861. The Kier molecular flexibility index (Phi) is 7.04. The summed E-state index contributed by atoms with van der Waals surface area (Å²) in [5.74, 6) is 2.00. The molecule has 3 aromatic rings. The van der Waals surface area contributed by atoms with Gasteiger partial charge in [-0.2, -0.15) is 0 Å². The van der Waals surface area contributed by atoms with E-state index in [1.807, 2.05) is 49.4 Å². The highest BCUT2D eigenvalue weighted by molar-refractivity contribution is 6.04. The standard InChI is InChI=1S/C23H23NO4/c1-2-26-16-17-27-20-12-8-18(9-13-20)23(25)24-19-10-14-22(15-11-19)28-21-6-4-3-5-7-21/h3-15H,2,16-17H2,1H3,(H,24,25). The van der Waals surface area contributed by atoms with Crippen molar-refractivity contribution in [1.82, 2.24) is 0 Å². The zero-order valence-electron chi connectivity index (χ0n) is 15.8. The Labute approximate surface area is 164 Å². The van der Waals surface area contributed by atoms with Crippen LogP contribution in [0, 0.1) is 0 Å².